The molecule has 20 heavy (non-hydrogen) atoms. The summed E-state index contributed by atoms with van der Waals surface area (Å²) in [5.74, 6) is 0.0184. The Kier molecular flexibility index (Phi) is 7.86. The summed E-state index contributed by atoms with van der Waals surface area (Å²) in [5.41, 5.74) is 0.483. The molecule has 1 aromatic rings. The Morgan fingerprint density at radius 3 is 2.55 bits per heavy atom. The molecule has 0 aliphatic rings. The smallest absolute Gasteiger partial charge is 0.254 e. The van der Waals surface area contributed by atoms with Crippen LogP contribution in [0.3, 0.4) is 0 Å². The fourth-order valence-corrected chi connectivity index (χ4v) is 2.08. The van der Waals surface area contributed by atoms with Crippen LogP contribution in [0.4, 0.5) is 0 Å². The van der Waals surface area contributed by atoms with Gasteiger partial charge in [-0.2, -0.15) is 0 Å². The lowest BCUT2D eigenvalue weighted by molar-refractivity contribution is 0.0673. The van der Waals surface area contributed by atoms with Crippen LogP contribution in [0.1, 0.15) is 16.8 Å². The van der Waals surface area contributed by atoms with Crippen LogP contribution in [0, 0.1) is 3.57 Å². The second-order valence-electron chi connectivity index (χ2n) is 4.30. The van der Waals surface area contributed by atoms with Gasteiger partial charge < -0.3 is 19.5 Å². The zero-order valence-corrected chi connectivity index (χ0v) is 13.9. The number of amides is 1. The molecule has 0 bridgehead atoms. The number of halogens is 1. The van der Waals surface area contributed by atoms with Gasteiger partial charge in [0.1, 0.15) is 5.75 Å². The molecular weight excluding hydrogens is 373 g/mol. The third-order valence-electron chi connectivity index (χ3n) is 2.82. The standard InChI is InChI=1S/C14H20INO4/c1-19-8-3-6-16(7-9-20-2)14(18)11-4-5-12(15)13(17)10-11/h4-5,10,17H,3,6-9H2,1-2H3. The second-order valence-corrected chi connectivity index (χ2v) is 5.46. The van der Waals surface area contributed by atoms with Gasteiger partial charge in [0, 0.05) is 39.5 Å². The summed E-state index contributed by atoms with van der Waals surface area (Å²) in [7, 11) is 3.24. The van der Waals surface area contributed by atoms with Gasteiger partial charge in [-0.3, -0.25) is 4.79 Å². The number of nitrogens with zero attached hydrogens (tertiary/aromatic N) is 1. The molecule has 0 aromatic heterocycles. The molecule has 0 aliphatic heterocycles. The first-order valence-electron chi connectivity index (χ1n) is 6.35. The number of phenolic OH excluding ortho intramolecular Hbond substituents is 1. The molecular formula is C14H20INO4. The first kappa shape index (κ1) is 17.2. The topological polar surface area (TPSA) is 59.0 Å². The molecule has 1 amide bonds. The van der Waals surface area contributed by atoms with Crippen molar-refractivity contribution in [1.82, 2.24) is 4.90 Å². The Morgan fingerprint density at radius 2 is 1.95 bits per heavy atom. The van der Waals surface area contributed by atoms with Gasteiger partial charge in [-0.1, -0.05) is 0 Å². The lowest BCUT2D eigenvalue weighted by atomic mass is 10.2. The Hall–Kier alpha value is -0.860. The number of rotatable bonds is 8. The highest BCUT2D eigenvalue weighted by Crippen LogP contribution is 2.21. The summed E-state index contributed by atoms with van der Waals surface area (Å²) >= 11 is 2.02. The Bertz CT molecular complexity index is 439. The van der Waals surface area contributed by atoms with Gasteiger partial charge in [0.2, 0.25) is 0 Å². The lowest BCUT2D eigenvalue weighted by Crippen LogP contribution is -2.35. The Labute approximate surface area is 133 Å². The highest BCUT2D eigenvalue weighted by molar-refractivity contribution is 14.1. The van der Waals surface area contributed by atoms with Crippen LogP contribution in [0.25, 0.3) is 0 Å². The van der Waals surface area contributed by atoms with Crippen molar-refractivity contribution in [2.45, 2.75) is 6.42 Å². The average molecular weight is 393 g/mol. The first-order valence-corrected chi connectivity index (χ1v) is 7.43. The fraction of sp³-hybridized carbons (Fsp3) is 0.500. The largest absolute Gasteiger partial charge is 0.507 e. The molecule has 5 nitrogen and oxygen atoms in total. The second kappa shape index (κ2) is 9.15. The molecule has 0 spiro atoms. The van der Waals surface area contributed by atoms with Crippen LogP contribution in [-0.4, -0.2) is 56.4 Å². The van der Waals surface area contributed by atoms with Crippen molar-refractivity contribution in [3.63, 3.8) is 0 Å². The molecule has 112 valence electrons. The van der Waals surface area contributed by atoms with E-state index in [-0.39, 0.29) is 11.7 Å². The SMILES string of the molecule is COCCCN(CCOC)C(=O)c1ccc(I)c(O)c1. The minimum atomic E-state index is -0.107. The monoisotopic (exact) mass is 393 g/mol. The highest BCUT2D eigenvalue weighted by atomic mass is 127. The third kappa shape index (κ3) is 5.26. The molecule has 0 atom stereocenters. The summed E-state index contributed by atoms with van der Waals surface area (Å²) in [4.78, 5) is 14.1. The van der Waals surface area contributed by atoms with Crippen molar-refractivity contribution in [1.29, 1.82) is 0 Å². The zero-order valence-electron chi connectivity index (χ0n) is 11.8. The number of phenols is 1. The van der Waals surface area contributed by atoms with E-state index in [2.05, 4.69) is 0 Å². The quantitative estimate of drug-likeness (QED) is 0.543. The van der Waals surface area contributed by atoms with E-state index in [4.69, 9.17) is 9.47 Å². The van der Waals surface area contributed by atoms with Crippen molar-refractivity contribution >= 4 is 28.5 Å². The number of hydrogen-bond acceptors (Lipinski definition) is 4. The molecule has 0 radical (unpaired) electrons. The molecule has 0 unspecified atom stereocenters. The summed E-state index contributed by atoms with van der Waals surface area (Å²) in [6, 6.07) is 4.95. The van der Waals surface area contributed by atoms with E-state index in [1.54, 1.807) is 31.3 Å². The van der Waals surface area contributed by atoms with Gasteiger partial charge in [0.25, 0.3) is 5.91 Å². The van der Waals surface area contributed by atoms with Crippen molar-refractivity contribution in [3.8, 4) is 5.75 Å². The first-order chi connectivity index (χ1) is 9.60. The number of methoxy groups -OCH3 is 2. The van der Waals surface area contributed by atoms with Gasteiger partial charge in [-0.15, -0.1) is 0 Å². The number of carbonyl (C=O) groups excluding carboxylic acids is 1. The van der Waals surface area contributed by atoms with Crippen LogP contribution in [-0.2, 0) is 9.47 Å². The number of ether oxygens (including phenoxy) is 2. The van der Waals surface area contributed by atoms with E-state index >= 15 is 0 Å². The molecule has 6 heteroatoms. The molecule has 0 aliphatic carbocycles. The van der Waals surface area contributed by atoms with Crippen molar-refractivity contribution in [3.05, 3.63) is 27.3 Å². The maximum absolute atomic E-state index is 12.4. The maximum Gasteiger partial charge on any atom is 0.254 e. The average Bonchev–Trinajstić information content (AvgIpc) is 2.45. The summed E-state index contributed by atoms with van der Waals surface area (Å²) < 4.78 is 10.8. The number of hydrogen-bond donors (Lipinski definition) is 1. The molecule has 0 heterocycles. The van der Waals surface area contributed by atoms with Gasteiger partial charge >= 0.3 is 0 Å². The highest BCUT2D eigenvalue weighted by Gasteiger charge is 2.16. The summed E-state index contributed by atoms with van der Waals surface area (Å²) in [6.07, 6.45) is 0.766. The minimum absolute atomic E-state index is 0.107. The van der Waals surface area contributed by atoms with Crippen LogP contribution >= 0.6 is 22.6 Å². The van der Waals surface area contributed by atoms with Crippen LogP contribution in [0.15, 0.2) is 18.2 Å². The fourth-order valence-electron chi connectivity index (χ4n) is 1.74. The van der Waals surface area contributed by atoms with Crippen molar-refractivity contribution in [2.24, 2.45) is 0 Å². The van der Waals surface area contributed by atoms with E-state index in [1.165, 1.54) is 6.07 Å². The van der Waals surface area contributed by atoms with E-state index < -0.39 is 0 Å². The Balaban J connectivity index is 2.76. The number of aromatic hydroxyl groups is 1. The van der Waals surface area contributed by atoms with E-state index in [9.17, 15) is 9.90 Å². The van der Waals surface area contributed by atoms with Gasteiger partial charge in [-0.25, -0.2) is 0 Å². The van der Waals surface area contributed by atoms with Crippen LogP contribution in [0.5, 0.6) is 5.75 Å². The van der Waals surface area contributed by atoms with Crippen molar-refractivity contribution in [2.75, 3.05) is 40.5 Å². The minimum Gasteiger partial charge on any atom is -0.507 e. The van der Waals surface area contributed by atoms with Crippen molar-refractivity contribution < 1.29 is 19.4 Å². The molecule has 1 rings (SSSR count). The summed E-state index contributed by atoms with van der Waals surface area (Å²) in [6.45, 7) is 2.21. The maximum atomic E-state index is 12.4. The zero-order chi connectivity index (χ0) is 15.0. The molecule has 1 N–H and O–H groups in total. The van der Waals surface area contributed by atoms with Gasteiger partial charge in [0.15, 0.2) is 0 Å². The van der Waals surface area contributed by atoms with Crippen LogP contribution < -0.4 is 0 Å². The van der Waals surface area contributed by atoms with E-state index in [0.29, 0.717) is 31.9 Å². The van der Waals surface area contributed by atoms with E-state index in [1.807, 2.05) is 22.6 Å². The molecule has 1 aromatic carbocycles. The summed E-state index contributed by atoms with van der Waals surface area (Å²) in [5, 5.41) is 9.70. The Morgan fingerprint density at radius 1 is 1.25 bits per heavy atom. The molecule has 0 fully saturated rings. The predicted molar refractivity (Wildman–Crippen MR) is 85.1 cm³/mol. The van der Waals surface area contributed by atoms with E-state index in [0.717, 1.165) is 9.99 Å². The van der Waals surface area contributed by atoms with Crippen LogP contribution in [0.2, 0.25) is 0 Å². The lowest BCUT2D eigenvalue weighted by Gasteiger charge is -2.22. The molecule has 0 saturated heterocycles. The third-order valence-corrected chi connectivity index (χ3v) is 3.73. The predicted octanol–water partition coefficient (Wildman–Crippen LogP) is 2.12. The van der Waals surface area contributed by atoms with Gasteiger partial charge in [-0.05, 0) is 47.2 Å². The molecule has 0 saturated carbocycles. The normalized spacial score (nSPS) is 10.6. The number of benzene rings is 1. The number of carbonyl (C=O) groups is 1. The van der Waals surface area contributed by atoms with Gasteiger partial charge in [0.05, 0.1) is 10.2 Å².